The summed E-state index contributed by atoms with van der Waals surface area (Å²) in [5.74, 6) is 0.868. The zero-order valence-corrected chi connectivity index (χ0v) is 12.2. The van der Waals surface area contributed by atoms with E-state index in [2.05, 4.69) is 55.5 Å². The van der Waals surface area contributed by atoms with Crippen molar-refractivity contribution in [3.05, 3.63) is 54.9 Å². The van der Waals surface area contributed by atoms with Crippen LogP contribution in [0.2, 0.25) is 0 Å². The van der Waals surface area contributed by atoms with E-state index in [1.54, 1.807) is 12.4 Å². The molecule has 2 aromatic heterocycles. The normalized spacial score (nSPS) is 17.8. The molecule has 0 bridgehead atoms. The topological polar surface area (TPSA) is 53.9 Å². The van der Waals surface area contributed by atoms with E-state index in [4.69, 9.17) is 0 Å². The monoisotopic (exact) mass is 291 g/mol. The van der Waals surface area contributed by atoms with Crippen molar-refractivity contribution in [3.63, 3.8) is 0 Å². The fourth-order valence-corrected chi connectivity index (χ4v) is 2.90. The van der Waals surface area contributed by atoms with Gasteiger partial charge < -0.3 is 10.2 Å². The van der Waals surface area contributed by atoms with E-state index in [0.29, 0.717) is 11.7 Å². The zero-order chi connectivity index (χ0) is 14.8. The summed E-state index contributed by atoms with van der Waals surface area (Å²) in [6.07, 6.45) is 4.47. The fraction of sp³-hybridized carbons (Fsp3) is 0.235. The predicted molar refractivity (Wildman–Crippen MR) is 88.0 cm³/mol. The second kappa shape index (κ2) is 5.60. The van der Waals surface area contributed by atoms with E-state index >= 15 is 0 Å². The standard InChI is InChI=1S/C17H17N5/c1-2-4-14(5-3-1)22-11-8-13(12-22)20-16-7-6-15-17(21-16)19-10-9-18-15/h1-7,9-10,13H,8,11-12H2,(H,19,20,21). The molecular weight excluding hydrogens is 274 g/mol. The Morgan fingerprint density at radius 2 is 1.86 bits per heavy atom. The van der Waals surface area contributed by atoms with Gasteiger partial charge in [0.2, 0.25) is 0 Å². The Hall–Kier alpha value is -2.69. The highest BCUT2D eigenvalue weighted by Crippen LogP contribution is 2.22. The quantitative estimate of drug-likeness (QED) is 0.804. The number of benzene rings is 1. The van der Waals surface area contributed by atoms with Crippen molar-refractivity contribution in [1.29, 1.82) is 0 Å². The Morgan fingerprint density at radius 1 is 1.00 bits per heavy atom. The molecule has 0 aliphatic carbocycles. The van der Waals surface area contributed by atoms with Crippen molar-refractivity contribution in [2.45, 2.75) is 12.5 Å². The summed E-state index contributed by atoms with van der Waals surface area (Å²) in [5, 5.41) is 3.51. The van der Waals surface area contributed by atoms with Gasteiger partial charge in [-0.2, -0.15) is 0 Å². The number of aromatic nitrogens is 3. The molecule has 1 N–H and O–H groups in total. The fourth-order valence-electron chi connectivity index (χ4n) is 2.90. The van der Waals surface area contributed by atoms with Crippen LogP contribution in [0.1, 0.15) is 6.42 Å². The molecule has 22 heavy (non-hydrogen) atoms. The highest BCUT2D eigenvalue weighted by atomic mass is 15.2. The van der Waals surface area contributed by atoms with Gasteiger partial charge in [-0.05, 0) is 30.7 Å². The molecule has 1 aliphatic rings. The minimum atomic E-state index is 0.404. The van der Waals surface area contributed by atoms with Crippen LogP contribution in [0.25, 0.3) is 11.2 Å². The molecule has 110 valence electrons. The summed E-state index contributed by atoms with van der Waals surface area (Å²) in [5.41, 5.74) is 2.79. The van der Waals surface area contributed by atoms with E-state index in [1.807, 2.05) is 12.1 Å². The van der Waals surface area contributed by atoms with Gasteiger partial charge in [0.15, 0.2) is 5.65 Å². The van der Waals surface area contributed by atoms with Crippen molar-refractivity contribution < 1.29 is 0 Å². The average Bonchev–Trinajstić information content (AvgIpc) is 3.04. The highest BCUT2D eigenvalue weighted by molar-refractivity contribution is 5.71. The number of anilines is 2. The van der Waals surface area contributed by atoms with Gasteiger partial charge in [-0.1, -0.05) is 18.2 Å². The summed E-state index contributed by atoms with van der Waals surface area (Å²) < 4.78 is 0. The van der Waals surface area contributed by atoms with Crippen LogP contribution in [0.5, 0.6) is 0 Å². The Bertz CT molecular complexity index is 774. The molecule has 1 saturated heterocycles. The lowest BCUT2D eigenvalue weighted by Crippen LogP contribution is -2.26. The first-order chi connectivity index (χ1) is 10.9. The third-order valence-electron chi connectivity index (χ3n) is 3.99. The molecule has 1 aromatic carbocycles. The van der Waals surface area contributed by atoms with Crippen molar-refractivity contribution >= 4 is 22.7 Å². The molecule has 1 fully saturated rings. The number of nitrogens with one attached hydrogen (secondary N) is 1. The summed E-state index contributed by atoms with van der Waals surface area (Å²) in [6.45, 7) is 2.05. The van der Waals surface area contributed by atoms with Gasteiger partial charge >= 0.3 is 0 Å². The first-order valence-corrected chi connectivity index (χ1v) is 7.53. The SMILES string of the molecule is c1ccc(N2CCC(Nc3ccc4nccnc4n3)C2)cc1. The molecule has 0 amide bonds. The van der Waals surface area contributed by atoms with Crippen LogP contribution in [0.15, 0.2) is 54.9 Å². The van der Waals surface area contributed by atoms with E-state index in [-0.39, 0.29) is 0 Å². The van der Waals surface area contributed by atoms with Gasteiger partial charge in [-0.15, -0.1) is 0 Å². The van der Waals surface area contributed by atoms with Gasteiger partial charge in [0.1, 0.15) is 11.3 Å². The van der Waals surface area contributed by atoms with Crippen LogP contribution < -0.4 is 10.2 Å². The molecule has 1 aliphatic heterocycles. The lowest BCUT2D eigenvalue weighted by atomic mass is 10.2. The maximum absolute atomic E-state index is 4.53. The smallest absolute Gasteiger partial charge is 0.180 e. The Morgan fingerprint density at radius 3 is 2.77 bits per heavy atom. The number of fused-ring (bicyclic) bond motifs is 1. The van der Waals surface area contributed by atoms with Crippen molar-refractivity contribution in [2.24, 2.45) is 0 Å². The minimum Gasteiger partial charge on any atom is -0.369 e. The summed E-state index contributed by atoms with van der Waals surface area (Å²) in [4.78, 5) is 15.4. The minimum absolute atomic E-state index is 0.404. The molecule has 3 aromatic rings. The lowest BCUT2D eigenvalue weighted by molar-refractivity contribution is 0.801. The zero-order valence-electron chi connectivity index (χ0n) is 12.2. The van der Waals surface area contributed by atoms with Crippen LogP contribution in [-0.4, -0.2) is 34.1 Å². The molecule has 4 rings (SSSR count). The third kappa shape index (κ3) is 2.57. The third-order valence-corrected chi connectivity index (χ3v) is 3.99. The number of pyridine rings is 1. The van der Waals surface area contributed by atoms with E-state index in [0.717, 1.165) is 30.8 Å². The molecular formula is C17H17N5. The van der Waals surface area contributed by atoms with E-state index in [1.165, 1.54) is 5.69 Å². The first-order valence-electron chi connectivity index (χ1n) is 7.53. The number of para-hydroxylation sites is 1. The second-order valence-electron chi connectivity index (χ2n) is 5.51. The highest BCUT2D eigenvalue weighted by Gasteiger charge is 2.22. The maximum Gasteiger partial charge on any atom is 0.180 e. The Balaban J connectivity index is 1.47. The summed E-state index contributed by atoms with van der Waals surface area (Å²) >= 11 is 0. The molecule has 0 spiro atoms. The largest absolute Gasteiger partial charge is 0.369 e. The Labute approximate surface area is 129 Å². The van der Waals surface area contributed by atoms with E-state index in [9.17, 15) is 0 Å². The van der Waals surface area contributed by atoms with Gasteiger partial charge in [-0.3, -0.25) is 4.98 Å². The van der Waals surface area contributed by atoms with Crippen molar-refractivity contribution in [1.82, 2.24) is 15.0 Å². The molecule has 5 nitrogen and oxygen atoms in total. The number of nitrogens with zero attached hydrogens (tertiary/aromatic N) is 4. The number of rotatable bonds is 3. The molecule has 1 unspecified atom stereocenters. The van der Waals surface area contributed by atoms with Crippen LogP contribution in [0.4, 0.5) is 11.5 Å². The first kappa shape index (κ1) is 13.0. The molecule has 3 heterocycles. The number of hydrogen-bond donors (Lipinski definition) is 1. The summed E-state index contributed by atoms with van der Waals surface area (Å²) in [6, 6.07) is 14.9. The predicted octanol–water partition coefficient (Wildman–Crippen LogP) is 2.72. The van der Waals surface area contributed by atoms with Crippen molar-refractivity contribution in [3.8, 4) is 0 Å². The number of hydrogen-bond acceptors (Lipinski definition) is 5. The average molecular weight is 291 g/mol. The molecule has 1 atom stereocenters. The second-order valence-corrected chi connectivity index (χ2v) is 5.51. The van der Waals surface area contributed by atoms with E-state index < -0.39 is 0 Å². The molecule has 0 radical (unpaired) electrons. The van der Waals surface area contributed by atoms with Gasteiger partial charge in [-0.25, -0.2) is 9.97 Å². The van der Waals surface area contributed by atoms with Crippen LogP contribution in [-0.2, 0) is 0 Å². The van der Waals surface area contributed by atoms with Gasteiger partial charge in [0, 0.05) is 37.2 Å². The van der Waals surface area contributed by atoms with Gasteiger partial charge in [0.25, 0.3) is 0 Å². The summed E-state index contributed by atoms with van der Waals surface area (Å²) in [7, 11) is 0. The van der Waals surface area contributed by atoms with Crippen molar-refractivity contribution in [2.75, 3.05) is 23.3 Å². The van der Waals surface area contributed by atoms with Gasteiger partial charge in [0.05, 0.1) is 0 Å². The molecule has 0 saturated carbocycles. The molecule has 5 heteroatoms. The lowest BCUT2D eigenvalue weighted by Gasteiger charge is -2.19. The maximum atomic E-state index is 4.53. The Kier molecular flexibility index (Phi) is 3.31. The van der Waals surface area contributed by atoms with Crippen LogP contribution in [0.3, 0.4) is 0 Å². The van der Waals surface area contributed by atoms with Crippen LogP contribution >= 0.6 is 0 Å². The van der Waals surface area contributed by atoms with Crippen LogP contribution in [0, 0.1) is 0 Å².